The van der Waals surface area contributed by atoms with Crippen molar-refractivity contribution in [3.63, 3.8) is 0 Å². The lowest BCUT2D eigenvalue weighted by Gasteiger charge is -2.05. The fourth-order valence-electron chi connectivity index (χ4n) is 1.39. The average Bonchev–Trinajstić information content (AvgIpc) is 2.30. The molecule has 6 heteroatoms. The maximum atomic E-state index is 13.3. The predicted molar refractivity (Wildman–Crippen MR) is 63.1 cm³/mol. The first-order valence-electron chi connectivity index (χ1n) is 4.56. The fraction of sp³-hybridized carbons (Fsp3) is 0.0909. The van der Waals surface area contributed by atoms with Crippen molar-refractivity contribution in [1.29, 1.82) is 0 Å². The Morgan fingerprint density at radius 3 is 2.65 bits per heavy atom. The van der Waals surface area contributed by atoms with Gasteiger partial charge in [0.05, 0.1) is 22.7 Å². The summed E-state index contributed by atoms with van der Waals surface area (Å²) in [7, 11) is 1.23. The molecule has 0 fully saturated rings. The van der Waals surface area contributed by atoms with Gasteiger partial charge in [0.15, 0.2) is 5.69 Å². The highest BCUT2D eigenvalue weighted by Crippen LogP contribution is 2.28. The molecule has 17 heavy (non-hydrogen) atoms. The van der Waals surface area contributed by atoms with E-state index < -0.39 is 11.8 Å². The van der Waals surface area contributed by atoms with Gasteiger partial charge in [0.2, 0.25) is 0 Å². The van der Waals surface area contributed by atoms with Crippen LogP contribution < -0.4 is 0 Å². The van der Waals surface area contributed by atoms with Gasteiger partial charge in [-0.3, -0.25) is 0 Å². The van der Waals surface area contributed by atoms with E-state index in [9.17, 15) is 9.18 Å². The first-order valence-corrected chi connectivity index (χ1v) is 5.32. The largest absolute Gasteiger partial charge is 0.464 e. The molecule has 1 aromatic heterocycles. The Bertz CT molecular complexity index is 616. The monoisotopic (exact) mass is 273 g/mol. The molecule has 0 aliphatic carbocycles. The van der Waals surface area contributed by atoms with Gasteiger partial charge in [0.25, 0.3) is 0 Å². The third-order valence-corrected chi connectivity index (χ3v) is 2.80. The molecule has 0 aliphatic rings. The minimum atomic E-state index is -0.635. The number of fused-ring (bicyclic) bond motifs is 1. The molecule has 0 bridgehead atoms. The van der Waals surface area contributed by atoms with E-state index in [1.165, 1.54) is 19.2 Å². The van der Waals surface area contributed by atoms with E-state index in [-0.39, 0.29) is 21.3 Å². The zero-order valence-electron chi connectivity index (χ0n) is 8.63. The topological polar surface area (TPSA) is 39.2 Å². The van der Waals surface area contributed by atoms with Gasteiger partial charge in [0, 0.05) is 11.5 Å². The summed E-state index contributed by atoms with van der Waals surface area (Å²) in [4.78, 5) is 15.2. The third kappa shape index (κ3) is 2.18. The zero-order chi connectivity index (χ0) is 12.6. The van der Waals surface area contributed by atoms with E-state index in [1.807, 2.05) is 0 Å². The van der Waals surface area contributed by atoms with Crippen molar-refractivity contribution in [2.75, 3.05) is 7.11 Å². The van der Waals surface area contributed by atoms with Crippen LogP contribution in [0.4, 0.5) is 4.39 Å². The molecule has 1 aromatic carbocycles. The van der Waals surface area contributed by atoms with E-state index in [1.54, 1.807) is 0 Å². The molecule has 1 heterocycles. The SMILES string of the molecule is COC(=O)c1cc(Cl)c2cc(Cl)c(F)cc2n1. The van der Waals surface area contributed by atoms with Crippen molar-refractivity contribution >= 4 is 40.1 Å². The number of ether oxygens (including phenoxy) is 1. The summed E-state index contributed by atoms with van der Waals surface area (Å²) in [6, 6.07) is 3.84. The molecule has 0 spiro atoms. The highest BCUT2D eigenvalue weighted by atomic mass is 35.5. The maximum absolute atomic E-state index is 13.3. The summed E-state index contributed by atoms with van der Waals surface area (Å²) < 4.78 is 17.8. The van der Waals surface area contributed by atoms with E-state index >= 15 is 0 Å². The zero-order valence-corrected chi connectivity index (χ0v) is 10.1. The lowest BCUT2D eigenvalue weighted by molar-refractivity contribution is 0.0594. The minimum Gasteiger partial charge on any atom is -0.464 e. The number of methoxy groups -OCH3 is 1. The molecule has 0 atom stereocenters. The second kappa shape index (κ2) is 4.47. The molecule has 0 saturated heterocycles. The molecule has 0 N–H and O–H groups in total. The Kier molecular flexibility index (Phi) is 3.17. The van der Waals surface area contributed by atoms with E-state index in [0.29, 0.717) is 5.39 Å². The number of pyridine rings is 1. The number of carbonyl (C=O) groups is 1. The van der Waals surface area contributed by atoms with Gasteiger partial charge in [-0.25, -0.2) is 14.2 Å². The Morgan fingerprint density at radius 2 is 2.00 bits per heavy atom. The summed E-state index contributed by atoms with van der Waals surface area (Å²) in [6.45, 7) is 0. The van der Waals surface area contributed by atoms with Crippen LogP contribution in [-0.2, 0) is 4.74 Å². The number of benzene rings is 1. The molecule has 3 nitrogen and oxygen atoms in total. The maximum Gasteiger partial charge on any atom is 0.356 e. The minimum absolute atomic E-state index is 0.0201. The van der Waals surface area contributed by atoms with Crippen LogP contribution >= 0.6 is 23.2 Å². The molecule has 0 unspecified atom stereocenters. The predicted octanol–water partition coefficient (Wildman–Crippen LogP) is 3.47. The molecule has 0 saturated carbocycles. The van der Waals surface area contributed by atoms with Crippen LogP contribution in [0.15, 0.2) is 18.2 Å². The van der Waals surface area contributed by atoms with Gasteiger partial charge in [-0.1, -0.05) is 23.2 Å². The second-order valence-electron chi connectivity index (χ2n) is 3.26. The molecule has 0 radical (unpaired) electrons. The quantitative estimate of drug-likeness (QED) is 0.747. The second-order valence-corrected chi connectivity index (χ2v) is 4.08. The lowest BCUT2D eigenvalue weighted by atomic mass is 10.2. The van der Waals surface area contributed by atoms with Crippen LogP contribution in [0.5, 0.6) is 0 Å². The first kappa shape index (κ1) is 12.1. The Morgan fingerprint density at radius 1 is 1.29 bits per heavy atom. The average molecular weight is 274 g/mol. The van der Waals surface area contributed by atoms with Crippen molar-refractivity contribution in [3.05, 3.63) is 39.8 Å². The third-order valence-electron chi connectivity index (χ3n) is 2.19. The molecule has 0 amide bonds. The van der Waals surface area contributed by atoms with Crippen molar-refractivity contribution < 1.29 is 13.9 Å². The summed E-state index contributed by atoms with van der Waals surface area (Å²) in [5.74, 6) is -1.26. The summed E-state index contributed by atoms with van der Waals surface area (Å²) >= 11 is 11.6. The number of carbonyl (C=O) groups excluding carboxylic acids is 1. The van der Waals surface area contributed by atoms with Crippen LogP contribution in [-0.4, -0.2) is 18.1 Å². The molecule has 2 aromatic rings. The van der Waals surface area contributed by atoms with Crippen LogP contribution in [0.1, 0.15) is 10.5 Å². The first-order chi connectivity index (χ1) is 8.02. The smallest absolute Gasteiger partial charge is 0.356 e. The standard InChI is InChI=1S/C11H6Cl2FNO2/c1-17-11(16)10-3-6(12)5-2-7(13)8(14)4-9(5)15-10/h2-4H,1H3. The number of aromatic nitrogens is 1. The van der Waals surface area contributed by atoms with Crippen molar-refractivity contribution in [2.24, 2.45) is 0 Å². The number of hydrogen-bond donors (Lipinski definition) is 0. The van der Waals surface area contributed by atoms with Gasteiger partial charge in [-0.15, -0.1) is 0 Å². The molecule has 88 valence electrons. The number of nitrogens with zero attached hydrogens (tertiary/aromatic N) is 1. The highest BCUT2D eigenvalue weighted by Gasteiger charge is 2.13. The normalized spacial score (nSPS) is 10.6. The summed E-state index contributed by atoms with van der Waals surface area (Å²) in [5.41, 5.74) is 0.270. The molecular weight excluding hydrogens is 268 g/mol. The van der Waals surface area contributed by atoms with Gasteiger partial charge in [-0.2, -0.15) is 0 Å². The van der Waals surface area contributed by atoms with Gasteiger partial charge >= 0.3 is 5.97 Å². The van der Waals surface area contributed by atoms with Crippen molar-refractivity contribution in [2.45, 2.75) is 0 Å². The number of rotatable bonds is 1. The van der Waals surface area contributed by atoms with Crippen molar-refractivity contribution in [1.82, 2.24) is 4.98 Å². The Balaban J connectivity index is 2.73. The van der Waals surface area contributed by atoms with Crippen molar-refractivity contribution in [3.8, 4) is 0 Å². The Hall–Kier alpha value is -1.39. The molecule has 2 rings (SSSR count). The van der Waals surface area contributed by atoms with Crippen LogP contribution in [0.2, 0.25) is 10.0 Å². The highest BCUT2D eigenvalue weighted by molar-refractivity contribution is 6.37. The van der Waals surface area contributed by atoms with E-state index in [0.717, 1.165) is 6.07 Å². The lowest BCUT2D eigenvalue weighted by Crippen LogP contribution is -2.04. The van der Waals surface area contributed by atoms with E-state index in [4.69, 9.17) is 23.2 Å². The number of halogens is 3. The number of esters is 1. The Labute approximate surface area is 106 Å². The summed E-state index contributed by atoms with van der Waals surface area (Å²) in [5, 5.41) is 0.690. The molecular formula is C11H6Cl2FNO2. The summed E-state index contributed by atoms with van der Waals surface area (Å²) in [6.07, 6.45) is 0. The fourth-order valence-corrected chi connectivity index (χ4v) is 1.81. The van der Waals surface area contributed by atoms with Gasteiger partial charge in [0.1, 0.15) is 5.82 Å². The van der Waals surface area contributed by atoms with Crippen LogP contribution in [0, 0.1) is 5.82 Å². The number of hydrogen-bond acceptors (Lipinski definition) is 3. The van der Waals surface area contributed by atoms with Crippen LogP contribution in [0.3, 0.4) is 0 Å². The van der Waals surface area contributed by atoms with Gasteiger partial charge < -0.3 is 4.74 Å². The van der Waals surface area contributed by atoms with Gasteiger partial charge in [-0.05, 0) is 12.1 Å². The van der Waals surface area contributed by atoms with Crippen LogP contribution in [0.25, 0.3) is 10.9 Å². The molecule has 0 aliphatic heterocycles. The van der Waals surface area contributed by atoms with E-state index in [2.05, 4.69) is 9.72 Å².